The highest BCUT2D eigenvalue weighted by Gasteiger charge is 2.26. The summed E-state index contributed by atoms with van der Waals surface area (Å²) in [5, 5.41) is 31.2. The highest BCUT2D eigenvalue weighted by atomic mass is 32.1. The minimum atomic E-state index is 0.671. The smallest absolute Gasteiger partial charge is 0.160 e. The van der Waals surface area contributed by atoms with Crippen LogP contribution in [0.15, 0.2) is 441 Å². The summed E-state index contributed by atoms with van der Waals surface area (Å²) >= 11 is 1.83. The summed E-state index contributed by atoms with van der Waals surface area (Å²) in [4.78, 5) is 21.1. The predicted octanol–water partition coefficient (Wildman–Crippen LogP) is 33.5. The second-order valence-corrected chi connectivity index (χ2v) is 36.4. The lowest BCUT2D eigenvalue weighted by Crippen LogP contribution is -1.98. The second kappa shape index (κ2) is 28.9. The lowest BCUT2D eigenvalue weighted by molar-refractivity contribution is 0.670. The average Bonchev–Trinajstić information content (AvgIpc) is 1.56. The SMILES string of the molecule is c1cc(-n2c3ccccc3c3c4ccccc4ccc32)c2cc3c4ccccc4n(-c4ccc5cc(-c6nc(-c7cccc8c7sc7ccccc78)c7ccccc7n6)ccc5c4)c3cc2c1.c1cc(-n2c3ccccc3c3cc4c(-n5c6ccccc6c6c7ccccc7ccc65)cccc4cc32)c2ccc(-c3nc(-c4cccc5c4oc4ccccc45)c4ccccc4n3)cc2c1. The van der Waals surface area contributed by atoms with E-state index in [0.717, 1.165) is 127 Å². The maximum absolute atomic E-state index is 6.53. The van der Waals surface area contributed by atoms with E-state index in [1.54, 1.807) is 0 Å². The summed E-state index contributed by atoms with van der Waals surface area (Å²) in [6.45, 7) is 0. The number of aromatic nitrogens is 8. The van der Waals surface area contributed by atoms with Crippen LogP contribution >= 0.6 is 11.3 Å². The van der Waals surface area contributed by atoms with Gasteiger partial charge in [0.05, 0.1) is 83.6 Å². The van der Waals surface area contributed by atoms with Crippen LogP contribution in [0.3, 0.4) is 0 Å². The Morgan fingerprint density at radius 3 is 1.23 bits per heavy atom. The van der Waals surface area contributed by atoms with Gasteiger partial charge in [0, 0.05) is 129 Å². The fourth-order valence-corrected chi connectivity index (χ4v) is 23.4. The van der Waals surface area contributed by atoms with E-state index in [-0.39, 0.29) is 0 Å². The fraction of sp³-hybridized carbons (Fsp3) is 0. The van der Waals surface area contributed by atoms with Crippen molar-refractivity contribution in [2.24, 2.45) is 0 Å². The molecule has 22 aromatic carbocycles. The van der Waals surface area contributed by atoms with E-state index in [1.165, 1.54) is 151 Å². The zero-order valence-corrected chi connectivity index (χ0v) is 72.8. The minimum absolute atomic E-state index is 0.671. The molecule has 30 aromatic rings. The van der Waals surface area contributed by atoms with Crippen molar-refractivity contribution in [2.75, 3.05) is 0 Å². The lowest BCUT2D eigenvalue weighted by atomic mass is 10.0. The van der Waals surface area contributed by atoms with Gasteiger partial charge in [-0.1, -0.05) is 303 Å². The first-order chi connectivity index (χ1) is 66.4. The highest BCUT2D eigenvalue weighted by Crippen LogP contribution is 2.49. The van der Waals surface area contributed by atoms with Crippen molar-refractivity contribution in [3.8, 4) is 68.0 Å². The molecule has 0 amide bonds. The molecule has 0 atom stereocenters. The predicted molar refractivity (Wildman–Crippen MR) is 563 cm³/mol. The van der Waals surface area contributed by atoms with Gasteiger partial charge in [0.15, 0.2) is 11.6 Å². The van der Waals surface area contributed by atoms with Gasteiger partial charge in [0.25, 0.3) is 0 Å². The summed E-state index contributed by atoms with van der Waals surface area (Å²) in [6.07, 6.45) is 0. The van der Waals surface area contributed by atoms with Crippen molar-refractivity contribution in [1.82, 2.24) is 38.2 Å². The van der Waals surface area contributed by atoms with E-state index >= 15 is 0 Å². The molecule has 620 valence electrons. The summed E-state index contributed by atoms with van der Waals surface area (Å²) in [5.41, 5.74) is 23.5. The molecule has 0 aliphatic heterocycles. The Kier molecular flexibility index (Phi) is 16.0. The summed E-state index contributed by atoms with van der Waals surface area (Å²) < 4.78 is 18.9. The van der Waals surface area contributed by atoms with Gasteiger partial charge in [0.2, 0.25) is 0 Å². The standard InChI is InChI=1S/C62H36N4O.C62H36N4S/c1-2-17-42-37(14-1)31-33-56-59(42)47-21-5-9-26-54(47)65(56)55-28-12-16-39-35-57-50(36-49(39)55)43-18-4-8-25-53(43)66(57)52-27-11-15-38-34-40(30-32-41(38)52)62-63-51-24-7-3-20-46(51)60(64-62)48-23-13-22-45-44-19-6-10-29-58(44)67-61(45)48;1-2-15-43-37(13-1)30-32-56-59(43)48-19-5-9-24-54(48)66(56)55-25-11-14-40-35-57-51(36-50(40)55)44-16-4-8-23-53(44)65(57)42-31-29-38-33-41(28-27-39(38)34-42)62-63-52-22-7-3-18-47(52)60(64-62)49-21-12-20-46-45-17-6-10-26-58(45)67-61(46)49/h2*1-36H. The summed E-state index contributed by atoms with van der Waals surface area (Å²) in [7, 11) is 0. The minimum Gasteiger partial charge on any atom is -0.455 e. The summed E-state index contributed by atoms with van der Waals surface area (Å²) in [5.74, 6) is 1.39. The molecule has 0 saturated carbocycles. The van der Waals surface area contributed by atoms with E-state index in [9.17, 15) is 0 Å². The van der Waals surface area contributed by atoms with Crippen LogP contribution in [0, 0.1) is 0 Å². The molecule has 8 heterocycles. The van der Waals surface area contributed by atoms with Crippen molar-refractivity contribution in [3.05, 3.63) is 437 Å². The molecule has 10 heteroatoms. The third kappa shape index (κ3) is 11.1. The maximum atomic E-state index is 6.53. The molecule has 0 fully saturated rings. The van der Waals surface area contributed by atoms with Gasteiger partial charge in [-0.05, 0) is 182 Å². The fourth-order valence-electron chi connectivity index (χ4n) is 22.2. The first-order valence-corrected chi connectivity index (χ1v) is 46.4. The van der Waals surface area contributed by atoms with Crippen LogP contribution in [0.4, 0.5) is 0 Å². The molecule has 0 N–H and O–H groups in total. The van der Waals surface area contributed by atoms with Crippen molar-refractivity contribution in [3.63, 3.8) is 0 Å². The largest absolute Gasteiger partial charge is 0.455 e. The van der Waals surface area contributed by atoms with E-state index in [0.29, 0.717) is 5.82 Å². The number of hydrogen-bond donors (Lipinski definition) is 0. The van der Waals surface area contributed by atoms with Gasteiger partial charge in [-0.2, -0.15) is 0 Å². The number of rotatable bonds is 8. The molecule has 0 aliphatic carbocycles. The third-order valence-electron chi connectivity index (χ3n) is 28.1. The van der Waals surface area contributed by atoms with Gasteiger partial charge in [-0.3, -0.25) is 0 Å². The normalized spacial score (nSPS) is 12.2. The number of para-hydroxylation sites is 8. The molecule has 8 aromatic heterocycles. The average molecular weight is 1720 g/mol. The zero-order valence-electron chi connectivity index (χ0n) is 72.0. The number of thiophene rings is 1. The van der Waals surface area contributed by atoms with E-state index in [1.807, 2.05) is 29.5 Å². The molecule has 0 aliphatic rings. The quantitative estimate of drug-likeness (QED) is 0.151. The van der Waals surface area contributed by atoms with Crippen LogP contribution in [0.25, 0.3) is 284 Å². The first kappa shape index (κ1) is 74.3. The Labute approximate surface area is 769 Å². The number of benzene rings is 22. The van der Waals surface area contributed by atoms with Gasteiger partial charge in [-0.15, -0.1) is 11.3 Å². The number of hydrogen-bond acceptors (Lipinski definition) is 6. The Morgan fingerprint density at radius 1 is 0.209 bits per heavy atom. The van der Waals surface area contributed by atoms with E-state index in [2.05, 4.69) is 437 Å². The molecular formula is C124H72N8OS. The van der Waals surface area contributed by atoms with Crippen molar-refractivity contribution in [2.45, 2.75) is 0 Å². The van der Waals surface area contributed by atoms with Gasteiger partial charge in [0.1, 0.15) is 11.2 Å². The van der Waals surface area contributed by atoms with Gasteiger partial charge in [-0.25, -0.2) is 19.9 Å². The molecule has 0 spiro atoms. The molecule has 0 bridgehead atoms. The van der Waals surface area contributed by atoms with Gasteiger partial charge >= 0.3 is 0 Å². The maximum Gasteiger partial charge on any atom is 0.160 e. The van der Waals surface area contributed by atoms with Crippen LogP contribution in [-0.2, 0) is 0 Å². The molecule has 0 saturated heterocycles. The third-order valence-corrected chi connectivity index (χ3v) is 29.3. The van der Waals surface area contributed by atoms with Crippen LogP contribution in [0.2, 0.25) is 0 Å². The molecule has 0 radical (unpaired) electrons. The van der Waals surface area contributed by atoms with E-state index < -0.39 is 0 Å². The van der Waals surface area contributed by atoms with Crippen LogP contribution in [0.5, 0.6) is 0 Å². The number of fused-ring (bicyclic) bond motifs is 28. The molecule has 30 rings (SSSR count). The Balaban J connectivity index is 0.000000131. The highest BCUT2D eigenvalue weighted by molar-refractivity contribution is 7.26. The van der Waals surface area contributed by atoms with Crippen LogP contribution < -0.4 is 0 Å². The molecule has 134 heavy (non-hydrogen) atoms. The lowest BCUT2D eigenvalue weighted by Gasteiger charge is -2.15. The van der Waals surface area contributed by atoms with E-state index in [4.69, 9.17) is 24.4 Å². The van der Waals surface area contributed by atoms with Gasteiger partial charge < -0.3 is 22.7 Å². The Morgan fingerprint density at radius 2 is 0.619 bits per heavy atom. The monoisotopic (exact) mass is 1720 g/mol. The van der Waals surface area contributed by atoms with Crippen molar-refractivity contribution in [1.29, 1.82) is 0 Å². The van der Waals surface area contributed by atoms with Crippen molar-refractivity contribution < 1.29 is 4.42 Å². The Bertz CT molecular complexity index is 10400. The van der Waals surface area contributed by atoms with Crippen LogP contribution in [-0.4, -0.2) is 38.2 Å². The molecule has 9 nitrogen and oxygen atoms in total. The first-order valence-electron chi connectivity index (χ1n) is 45.6. The number of nitrogens with zero attached hydrogens (tertiary/aromatic N) is 8. The number of furan rings is 1. The van der Waals surface area contributed by atoms with Crippen LogP contribution in [0.1, 0.15) is 0 Å². The second-order valence-electron chi connectivity index (χ2n) is 35.4. The van der Waals surface area contributed by atoms with Crippen molar-refractivity contribution >= 4 is 227 Å². The Hall–Kier alpha value is -17.7. The topological polar surface area (TPSA) is 84.4 Å². The molecule has 0 unspecified atom stereocenters. The zero-order chi connectivity index (χ0) is 87.5. The molecular weight excluding hydrogens is 1650 g/mol. The summed E-state index contributed by atoms with van der Waals surface area (Å²) in [6, 6.07) is 158.